The van der Waals surface area contributed by atoms with Crippen molar-refractivity contribution in [1.29, 1.82) is 0 Å². The van der Waals surface area contributed by atoms with Crippen LogP contribution in [-0.4, -0.2) is 16.2 Å². The summed E-state index contributed by atoms with van der Waals surface area (Å²) in [4.78, 5) is 13.5. The van der Waals surface area contributed by atoms with Crippen molar-refractivity contribution in [2.75, 3.05) is 4.90 Å². The molecule has 29 heavy (non-hydrogen) atoms. The van der Waals surface area contributed by atoms with Gasteiger partial charge in [-0.1, -0.05) is 54.1 Å². The molecule has 2 amide bonds. The van der Waals surface area contributed by atoms with E-state index in [0.29, 0.717) is 23.2 Å². The summed E-state index contributed by atoms with van der Waals surface area (Å²) in [6.45, 7) is 0.367. The summed E-state index contributed by atoms with van der Waals surface area (Å²) < 4.78 is 15.0. The van der Waals surface area contributed by atoms with E-state index in [0.717, 1.165) is 11.1 Å². The quantitative estimate of drug-likeness (QED) is 0.455. The van der Waals surface area contributed by atoms with E-state index >= 15 is 0 Å². The molecular formula is C21H17ClFN5O. The van der Waals surface area contributed by atoms with Gasteiger partial charge in [-0.15, -0.1) is 0 Å². The van der Waals surface area contributed by atoms with Gasteiger partial charge < -0.3 is 11.5 Å². The van der Waals surface area contributed by atoms with Gasteiger partial charge in [0.1, 0.15) is 5.52 Å². The number of rotatable bonds is 4. The average Bonchev–Trinajstić information content (AvgIpc) is 3.15. The highest BCUT2D eigenvalue weighted by Gasteiger charge is 2.24. The van der Waals surface area contributed by atoms with Crippen LogP contribution in [0, 0.1) is 5.82 Å². The molecule has 4 rings (SSSR count). The van der Waals surface area contributed by atoms with Crippen molar-refractivity contribution in [3.05, 3.63) is 77.1 Å². The van der Waals surface area contributed by atoms with Crippen molar-refractivity contribution in [3.8, 4) is 11.1 Å². The second-order valence-electron chi connectivity index (χ2n) is 6.43. The number of H-pyrrole nitrogens is 1. The Bertz CT molecular complexity index is 1190. The largest absolute Gasteiger partial charge is 0.351 e. The lowest BCUT2D eigenvalue weighted by Gasteiger charge is -2.19. The predicted octanol–water partition coefficient (Wildman–Crippen LogP) is 4.70. The molecule has 0 radical (unpaired) electrons. The number of halogens is 2. The lowest BCUT2D eigenvalue weighted by Crippen LogP contribution is -2.31. The lowest BCUT2D eigenvalue weighted by molar-refractivity contribution is 0.256. The summed E-state index contributed by atoms with van der Waals surface area (Å²) in [6, 6.07) is 17.1. The molecule has 0 unspecified atom stereocenters. The first-order valence-electron chi connectivity index (χ1n) is 8.81. The fraction of sp³-hybridized carbons (Fsp3) is 0.0476. The van der Waals surface area contributed by atoms with Crippen LogP contribution in [0.3, 0.4) is 0 Å². The number of hydrogen-bond donors (Lipinski definition) is 3. The number of urea groups is 1. The van der Waals surface area contributed by atoms with Gasteiger partial charge in [0.15, 0.2) is 11.6 Å². The fourth-order valence-corrected chi connectivity index (χ4v) is 3.47. The number of carbonyl (C=O) groups excluding carboxylic acids is 1. The van der Waals surface area contributed by atoms with Crippen molar-refractivity contribution in [2.24, 2.45) is 11.5 Å². The van der Waals surface area contributed by atoms with Crippen LogP contribution in [0.15, 0.2) is 60.7 Å². The van der Waals surface area contributed by atoms with Crippen LogP contribution in [0.25, 0.3) is 22.0 Å². The molecule has 0 fully saturated rings. The number of amides is 2. The third-order valence-corrected chi connectivity index (χ3v) is 5.04. The number of nitrogens with one attached hydrogen (secondary N) is 1. The third-order valence-electron chi connectivity index (χ3n) is 4.67. The molecular weight excluding hydrogens is 393 g/mol. The topological polar surface area (TPSA) is 101 Å². The van der Waals surface area contributed by atoms with Crippen molar-refractivity contribution < 1.29 is 9.18 Å². The molecule has 8 heteroatoms. The van der Waals surface area contributed by atoms with Crippen LogP contribution in [0.2, 0.25) is 5.02 Å². The van der Waals surface area contributed by atoms with Crippen LogP contribution in [0.4, 0.5) is 20.7 Å². The van der Waals surface area contributed by atoms with Crippen LogP contribution >= 0.6 is 11.6 Å². The minimum Gasteiger partial charge on any atom is -0.351 e. The van der Waals surface area contributed by atoms with Gasteiger partial charge in [0.25, 0.3) is 0 Å². The van der Waals surface area contributed by atoms with Gasteiger partial charge in [-0.05, 0) is 29.3 Å². The molecule has 0 aliphatic carbocycles. The molecule has 6 nitrogen and oxygen atoms in total. The fourth-order valence-electron chi connectivity index (χ4n) is 3.21. The number of benzene rings is 3. The molecule has 0 atom stereocenters. The van der Waals surface area contributed by atoms with Crippen molar-refractivity contribution in [1.82, 2.24) is 10.2 Å². The zero-order chi connectivity index (χ0) is 20.5. The summed E-state index contributed by atoms with van der Waals surface area (Å²) >= 11 is 6.27. The number of aromatic nitrogens is 2. The van der Waals surface area contributed by atoms with E-state index in [1.54, 1.807) is 30.3 Å². The van der Waals surface area contributed by atoms with Crippen LogP contribution in [-0.2, 0) is 6.54 Å². The lowest BCUT2D eigenvalue weighted by atomic mass is 10.0. The molecule has 0 saturated heterocycles. The van der Waals surface area contributed by atoms with Crippen LogP contribution < -0.4 is 16.4 Å². The van der Waals surface area contributed by atoms with Gasteiger partial charge in [0.2, 0.25) is 0 Å². The Kier molecular flexibility index (Phi) is 4.92. The average molecular weight is 410 g/mol. The van der Waals surface area contributed by atoms with E-state index < -0.39 is 11.8 Å². The first-order valence-corrected chi connectivity index (χ1v) is 9.19. The maximum atomic E-state index is 15.0. The first kappa shape index (κ1) is 18.9. The van der Waals surface area contributed by atoms with Crippen molar-refractivity contribution >= 4 is 40.0 Å². The number of hydrogen-bond acceptors (Lipinski definition) is 3. The molecule has 146 valence electrons. The number of nitrogens with two attached hydrogens (primary N) is 2. The van der Waals surface area contributed by atoms with E-state index in [1.807, 2.05) is 30.3 Å². The summed E-state index contributed by atoms with van der Waals surface area (Å²) in [6.07, 6.45) is 0. The first-order chi connectivity index (χ1) is 14.0. The molecule has 0 aliphatic rings. The van der Waals surface area contributed by atoms with E-state index in [4.69, 9.17) is 23.1 Å². The second-order valence-corrected chi connectivity index (χ2v) is 6.81. The van der Waals surface area contributed by atoms with Crippen molar-refractivity contribution in [3.63, 3.8) is 0 Å². The minimum absolute atomic E-state index is 0.0307. The standard InChI is InChI=1S/C21H17ClFN5O/c22-17-15(13-4-2-1-3-5-13)10-16-19(18(17)23)26-27-20(16)28(21(25)29)14-8-6-12(11-24)7-9-14/h1-10H,11,24H2,(H2,25,29)(H,26,27). The zero-order valence-corrected chi connectivity index (χ0v) is 15.9. The summed E-state index contributed by atoms with van der Waals surface area (Å²) in [5.74, 6) is -0.467. The normalized spacial score (nSPS) is 11.0. The highest BCUT2D eigenvalue weighted by atomic mass is 35.5. The molecule has 0 aliphatic heterocycles. The van der Waals surface area contributed by atoms with E-state index in [9.17, 15) is 9.18 Å². The van der Waals surface area contributed by atoms with E-state index in [1.165, 1.54) is 4.90 Å². The minimum atomic E-state index is -0.754. The molecule has 1 heterocycles. The Labute approximate surface area is 170 Å². The van der Waals surface area contributed by atoms with Gasteiger partial charge in [0.05, 0.1) is 10.7 Å². The molecule has 0 spiro atoms. The smallest absolute Gasteiger partial charge is 0.325 e. The Hall–Kier alpha value is -3.42. The highest BCUT2D eigenvalue weighted by molar-refractivity contribution is 6.34. The molecule has 3 aromatic carbocycles. The molecule has 4 aromatic rings. The Morgan fingerprint density at radius 2 is 1.83 bits per heavy atom. The summed E-state index contributed by atoms with van der Waals surface area (Å²) in [7, 11) is 0. The molecule has 5 N–H and O–H groups in total. The number of anilines is 2. The Morgan fingerprint density at radius 1 is 1.14 bits per heavy atom. The molecule has 0 bridgehead atoms. The number of aromatic amines is 1. The van der Waals surface area contributed by atoms with E-state index in [2.05, 4.69) is 10.2 Å². The Balaban J connectivity index is 1.92. The third kappa shape index (κ3) is 3.30. The SMILES string of the molecule is NCc1ccc(N(C(N)=O)c2n[nH]c3c(F)c(Cl)c(-c4ccccc4)cc23)cc1. The number of primary amides is 1. The molecule has 0 saturated carbocycles. The van der Waals surface area contributed by atoms with Gasteiger partial charge in [-0.2, -0.15) is 5.10 Å². The monoisotopic (exact) mass is 409 g/mol. The maximum absolute atomic E-state index is 15.0. The van der Waals surface area contributed by atoms with Crippen molar-refractivity contribution in [2.45, 2.75) is 6.54 Å². The highest BCUT2D eigenvalue weighted by Crippen LogP contribution is 2.39. The predicted molar refractivity (Wildman–Crippen MR) is 113 cm³/mol. The number of nitrogens with zero attached hydrogens (tertiary/aromatic N) is 2. The van der Waals surface area contributed by atoms with Crippen LogP contribution in [0.5, 0.6) is 0 Å². The summed E-state index contributed by atoms with van der Waals surface area (Å²) in [5, 5.41) is 7.13. The van der Waals surface area contributed by atoms with Gasteiger partial charge in [0, 0.05) is 17.5 Å². The van der Waals surface area contributed by atoms with E-state index in [-0.39, 0.29) is 16.4 Å². The zero-order valence-electron chi connectivity index (χ0n) is 15.2. The van der Waals surface area contributed by atoms with Gasteiger partial charge in [-0.25, -0.2) is 14.1 Å². The second kappa shape index (κ2) is 7.54. The molecule has 1 aromatic heterocycles. The van der Waals surface area contributed by atoms with Gasteiger partial charge in [-0.3, -0.25) is 5.10 Å². The van der Waals surface area contributed by atoms with Crippen LogP contribution in [0.1, 0.15) is 5.56 Å². The maximum Gasteiger partial charge on any atom is 0.325 e. The van der Waals surface area contributed by atoms with Gasteiger partial charge >= 0.3 is 6.03 Å². The number of carbonyl (C=O) groups is 1. The number of fused-ring (bicyclic) bond motifs is 1. The Morgan fingerprint density at radius 3 is 2.45 bits per heavy atom. The summed E-state index contributed by atoms with van der Waals surface area (Å²) in [5.41, 5.74) is 14.0.